The number of aliphatic hydroxyl groups excluding tert-OH is 1. The first-order valence-corrected chi connectivity index (χ1v) is 8.22. The van der Waals surface area contributed by atoms with Gasteiger partial charge in [0.05, 0.1) is 0 Å². The van der Waals surface area contributed by atoms with Crippen LogP contribution in [0.1, 0.15) is 39.4 Å². The van der Waals surface area contributed by atoms with Crippen LogP contribution in [0, 0.1) is 34.6 Å². The van der Waals surface area contributed by atoms with Crippen LogP contribution in [0.4, 0.5) is 8.78 Å². The lowest BCUT2D eigenvalue weighted by atomic mass is 9.83. The molecule has 1 aliphatic heterocycles. The Morgan fingerprint density at radius 1 is 0.957 bits per heavy atom. The summed E-state index contributed by atoms with van der Waals surface area (Å²) in [5.41, 5.74) is 5.82. The molecule has 5 heteroatoms. The van der Waals surface area contributed by atoms with E-state index >= 15 is 0 Å². The number of halogens is 2. The van der Waals surface area contributed by atoms with Gasteiger partial charge >= 0.3 is 0 Å². The predicted octanol–water partition coefficient (Wildman–Crippen LogP) is 2.80. The second-order valence-corrected chi connectivity index (χ2v) is 6.65. The molecular formula is C18H28F2N2O. The standard InChI is InChI=1S/C18H28F2N2O/c1-11-12(2)14(4)16(15(5)13(11)3)17(18(19,20)10-23)22-8-6-21-7-9-22/h17,21,23H,6-10H2,1-5H3/t17-/m0/s1. The van der Waals surface area contributed by atoms with Crippen molar-refractivity contribution in [1.82, 2.24) is 10.2 Å². The average molecular weight is 326 g/mol. The van der Waals surface area contributed by atoms with Crippen LogP contribution >= 0.6 is 0 Å². The van der Waals surface area contributed by atoms with E-state index in [9.17, 15) is 13.9 Å². The number of nitrogens with zero attached hydrogens (tertiary/aromatic N) is 1. The quantitative estimate of drug-likeness (QED) is 0.893. The van der Waals surface area contributed by atoms with E-state index in [1.165, 1.54) is 0 Å². The molecule has 0 saturated carbocycles. The molecule has 1 saturated heterocycles. The monoisotopic (exact) mass is 326 g/mol. The Kier molecular flexibility index (Phi) is 5.44. The number of benzene rings is 1. The van der Waals surface area contributed by atoms with Gasteiger partial charge < -0.3 is 10.4 Å². The van der Waals surface area contributed by atoms with Gasteiger partial charge in [0.2, 0.25) is 0 Å². The Morgan fingerprint density at radius 2 is 1.39 bits per heavy atom. The normalized spacial score (nSPS) is 18.3. The van der Waals surface area contributed by atoms with E-state index in [2.05, 4.69) is 5.32 Å². The molecule has 1 aromatic carbocycles. The zero-order valence-corrected chi connectivity index (χ0v) is 14.8. The second kappa shape index (κ2) is 6.83. The minimum atomic E-state index is -3.17. The summed E-state index contributed by atoms with van der Waals surface area (Å²) >= 11 is 0. The van der Waals surface area contributed by atoms with E-state index in [1.807, 2.05) is 39.5 Å². The maximum Gasteiger partial charge on any atom is 0.289 e. The summed E-state index contributed by atoms with van der Waals surface area (Å²) in [7, 11) is 0. The van der Waals surface area contributed by atoms with E-state index in [1.54, 1.807) is 0 Å². The third-order valence-electron chi connectivity index (χ3n) is 5.46. The Morgan fingerprint density at radius 3 is 1.83 bits per heavy atom. The minimum absolute atomic E-state index is 0.561. The van der Waals surface area contributed by atoms with Gasteiger partial charge in [0.25, 0.3) is 5.92 Å². The Bertz CT molecular complexity index is 552. The number of alkyl halides is 2. The fraction of sp³-hybridized carbons (Fsp3) is 0.667. The molecular weight excluding hydrogens is 298 g/mol. The van der Waals surface area contributed by atoms with E-state index in [0.717, 1.165) is 27.8 Å². The van der Waals surface area contributed by atoms with Gasteiger partial charge in [-0.1, -0.05) is 0 Å². The average Bonchev–Trinajstić information content (AvgIpc) is 2.55. The predicted molar refractivity (Wildman–Crippen MR) is 89.3 cm³/mol. The molecule has 2 rings (SSSR count). The molecule has 1 aliphatic rings. The lowest BCUT2D eigenvalue weighted by Crippen LogP contribution is -2.51. The summed E-state index contributed by atoms with van der Waals surface area (Å²) in [6, 6.07) is -1.08. The molecule has 0 spiro atoms. The van der Waals surface area contributed by atoms with Crippen molar-refractivity contribution in [3.63, 3.8) is 0 Å². The van der Waals surface area contributed by atoms with Crippen LogP contribution < -0.4 is 5.32 Å². The van der Waals surface area contributed by atoms with Crippen molar-refractivity contribution in [3.05, 3.63) is 33.4 Å². The number of hydrogen-bond acceptors (Lipinski definition) is 3. The smallest absolute Gasteiger partial charge is 0.289 e. The van der Waals surface area contributed by atoms with Crippen LogP contribution in [0.5, 0.6) is 0 Å². The number of nitrogens with one attached hydrogen (secondary N) is 1. The highest BCUT2D eigenvalue weighted by molar-refractivity contribution is 5.51. The van der Waals surface area contributed by atoms with Gasteiger partial charge in [-0.2, -0.15) is 0 Å². The highest BCUT2D eigenvalue weighted by Gasteiger charge is 2.45. The maximum atomic E-state index is 14.7. The van der Waals surface area contributed by atoms with Crippen molar-refractivity contribution >= 4 is 0 Å². The second-order valence-electron chi connectivity index (χ2n) is 6.65. The molecule has 130 valence electrons. The van der Waals surface area contributed by atoms with Gasteiger partial charge in [-0.3, -0.25) is 4.90 Å². The zero-order chi connectivity index (χ0) is 17.4. The number of piperazine rings is 1. The lowest BCUT2D eigenvalue weighted by Gasteiger charge is -2.40. The zero-order valence-electron chi connectivity index (χ0n) is 14.8. The highest BCUT2D eigenvalue weighted by atomic mass is 19.3. The molecule has 3 nitrogen and oxygen atoms in total. The van der Waals surface area contributed by atoms with Crippen molar-refractivity contribution < 1.29 is 13.9 Å². The lowest BCUT2D eigenvalue weighted by molar-refractivity contribution is -0.119. The summed E-state index contributed by atoms with van der Waals surface area (Å²) in [5, 5.41) is 12.5. The molecule has 1 fully saturated rings. The summed E-state index contributed by atoms with van der Waals surface area (Å²) in [6.45, 7) is 11.2. The van der Waals surface area contributed by atoms with Crippen LogP contribution in [0.25, 0.3) is 0 Å². The Labute approximate surface area is 137 Å². The molecule has 1 atom stereocenters. The van der Waals surface area contributed by atoms with E-state index in [-0.39, 0.29) is 0 Å². The van der Waals surface area contributed by atoms with Crippen molar-refractivity contribution in [3.8, 4) is 0 Å². The van der Waals surface area contributed by atoms with Crippen LogP contribution in [-0.2, 0) is 0 Å². The molecule has 0 amide bonds. The van der Waals surface area contributed by atoms with E-state index in [0.29, 0.717) is 31.7 Å². The molecule has 2 N–H and O–H groups in total. The largest absolute Gasteiger partial charge is 0.390 e. The van der Waals surface area contributed by atoms with E-state index < -0.39 is 18.6 Å². The van der Waals surface area contributed by atoms with Crippen LogP contribution in [-0.4, -0.2) is 48.7 Å². The van der Waals surface area contributed by atoms with Crippen molar-refractivity contribution in [2.45, 2.75) is 46.6 Å². The van der Waals surface area contributed by atoms with Crippen molar-refractivity contribution in [2.75, 3.05) is 32.8 Å². The van der Waals surface area contributed by atoms with Gasteiger partial charge in [-0.15, -0.1) is 0 Å². The van der Waals surface area contributed by atoms with Gasteiger partial charge in [0.15, 0.2) is 0 Å². The summed E-state index contributed by atoms with van der Waals surface area (Å²) in [6.07, 6.45) is 0. The topological polar surface area (TPSA) is 35.5 Å². The first-order chi connectivity index (χ1) is 10.7. The molecule has 23 heavy (non-hydrogen) atoms. The first kappa shape index (κ1) is 18.3. The molecule has 0 aliphatic carbocycles. The van der Waals surface area contributed by atoms with Crippen LogP contribution in [0.2, 0.25) is 0 Å². The van der Waals surface area contributed by atoms with Crippen molar-refractivity contribution in [2.24, 2.45) is 0 Å². The summed E-state index contributed by atoms with van der Waals surface area (Å²) < 4.78 is 29.4. The minimum Gasteiger partial charge on any atom is -0.390 e. The van der Waals surface area contributed by atoms with Crippen LogP contribution in [0.15, 0.2) is 0 Å². The maximum absolute atomic E-state index is 14.7. The molecule has 0 unspecified atom stereocenters. The third-order valence-corrected chi connectivity index (χ3v) is 5.46. The third kappa shape index (κ3) is 3.28. The molecule has 0 bridgehead atoms. The van der Waals surface area contributed by atoms with Gasteiger partial charge in [0.1, 0.15) is 12.6 Å². The molecule has 0 aromatic heterocycles. The molecule has 0 radical (unpaired) electrons. The number of hydrogen-bond donors (Lipinski definition) is 2. The van der Waals surface area contributed by atoms with Gasteiger partial charge in [-0.25, -0.2) is 8.78 Å². The summed E-state index contributed by atoms with van der Waals surface area (Å²) in [5.74, 6) is -3.17. The Balaban J connectivity index is 2.65. The SMILES string of the molecule is Cc1c(C)c(C)c([C@H](N2CCNCC2)C(F)(F)CO)c(C)c1C. The van der Waals surface area contributed by atoms with Gasteiger partial charge in [0, 0.05) is 26.2 Å². The first-order valence-electron chi connectivity index (χ1n) is 8.22. The highest BCUT2D eigenvalue weighted by Crippen LogP contribution is 2.41. The fourth-order valence-corrected chi connectivity index (χ4v) is 3.63. The number of aliphatic hydroxyl groups is 1. The van der Waals surface area contributed by atoms with Crippen molar-refractivity contribution in [1.29, 1.82) is 0 Å². The van der Waals surface area contributed by atoms with E-state index in [4.69, 9.17) is 0 Å². The molecule has 1 heterocycles. The Hall–Kier alpha value is -1.04. The number of rotatable bonds is 4. The van der Waals surface area contributed by atoms with Gasteiger partial charge in [-0.05, 0) is 68.0 Å². The summed E-state index contributed by atoms with van der Waals surface area (Å²) in [4.78, 5) is 1.82. The fourth-order valence-electron chi connectivity index (χ4n) is 3.63. The van der Waals surface area contributed by atoms with Crippen LogP contribution in [0.3, 0.4) is 0 Å². The molecule has 1 aromatic rings.